The highest BCUT2D eigenvalue weighted by molar-refractivity contribution is 5.89. The van der Waals surface area contributed by atoms with Crippen LogP contribution in [-0.4, -0.2) is 24.1 Å². The van der Waals surface area contributed by atoms with Crippen LogP contribution in [0.15, 0.2) is 24.3 Å². The Morgan fingerprint density at radius 1 is 1.35 bits per heavy atom. The molecule has 1 aromatic rings. The fraction of sp³-hybridized carbons (Fsp3) is 0.467. The molecule has 1 unspecified atom stereocenters. The summed E-state index contributed by atoms with van der Waals surface area (Å²) in [6.07, 6.45) is 1.20. The second kappa shape index (κ2) is 5.94. The summed E-state index contributed by atoms with van der Waals surface area (Å²) >= 11 is 0. The number of nitrogens with one attached hydrogen (secondary N) is 1. The van der Waals surface area contributed by atoms with Crippen molar-refractivity contribution in [2.75, 3.05) is 7.11 Å². The highest BCUT2D eigenvalue weighted by atomic mass is 16.5. The van der Waals surface area contributed by atoms with Gasteiger partial charge in [0.1, 0.15) is 5.75 Å². The van der Waals surface area contributed by atoms with Crippen molar-refractivity contribution in [3.05, 3.63) is 29.8 Å². The molecule has 5 heteroatoms. The molecule has 1 saturated carbocycles. The van der Waals surface area contributed by atoms with Crippen LogP contribution < -0.4 is 10.1 Å². The van der Waals surface area contributed by atoms with E-state index in [1.54, 1.807) is 7.11 Å². The predicted octanol–water partition coefficient (Wildman–Crippen LogP) is 1.98. The van der Waals surface area contributed by atoms with Crippen LogP contribution in [0.25, 0.3) is 0 Å². The standard InChI is InChI=1S/C15H19NO4/c1-3-13(9-4-6-10(20-2)7-5-9)16-14(17)11-8-12(11)15(18)19/h4-7,11-13H,3,8H2,1-2H3,(H,16,17)(H,18,19)/t11-,12+,13?/m1/s1. The minimum atomic E-state index is -0.886. The molecule has 20 heavy (non-hydrogen) atoms. The number of ether oxygens (including phenoxy) is 1. The van der Waals surface area contributed by atoms with Gasteiger partial charge in [-0.3, -0.25) is 9.59 Å². The molecule has 0 aromatic heterocycles. The fourth-order valence-electron chi connectivity index (χ4n) is 2.29. The Kier molecular flexibility index (Phi) is 4.27. The van der Waals surface area contributed by atoms with Gasteiger partial charge in [-0.05, 0) is 30.5 Å². The van der Waals surface area contributed by atoms with E-state index in [1.165, 1.54) is 0 Å². The number of benzene rings is 1. The molecule has 1 aliphatic rings. The van der Waals surface area contributed by atoms with Crippen molar-refractivity contribution in [1.82, 2.24) is 5.32 Å². The van der Waals surface area contributed by atoms with Gasteiger partial charge >= 0.3 is 5.97 Å². The zero-order chi connectivity index (χ0) is 14.7. The van der Waals surface area contributed by atoms with Crippen LogP contribution in [-0.2, 0) is 9.59 Å². The number of carboxylic acids is 1. The van der Waals surface area contributed by atoms with Gasteiger partial charge in [0.25, 0.3) is 0 Å². The summed E-state index contributed by atoms with van der Waals surface area (Å²) in [6, 6.07) is 7.43. The quantitative estimate of drug-likeness (QED) is 0.833. The summed E-state index contributed by atoms with van der Waals surface area (Å²) in [5, 5.41) is 11.8. The maximum Gasteiger partial charge on any atom is 0.307 e. The number of carboxylic acid groups (broad SMARTS) is 1. The van der Waals surface area contributed by atoms with Crippen molar-refractivity contribution in [1.29, 1.82) is 0 Å². The Morgan fingerprint density at radius 2 is 2.00 bits per heavy atom. The topological polar surface area (TPSA) is 75.6 Å². The van der Waals surface area contributed by atoms with E-state index in [-0.39, 0.29) is 17.9 Å². The normalized spacial score (nSPS) is 21.9. The molecule has 1 amide bonds. The van der Waals surface area contributed by atoms with Gasteiger partial charge in [-0.2, -0.15) is 0 Å². The first-order chi connectivity index (χ1) is 9.56. The summed E-state index contributed by atoms with van der Waals surface area (Å²) in [7, 11) is 1.60. The molecule has 3 atom stereocenters. The summed E-state index contributed by atoms with van der Waals surface area (Å²) in [4.78, 5) is 22.8. The van der Waals surface area contributed by atoms with Gasteiger partial charge < -0.3 is 15.2 Å². The second-order valence-corrected chi connectivity index (χ2v) is 5.03. The van der Waals surface area contributed by atoms with E-state index in [4.69, 9.17) is 9.84 Å². The first-order valence-electron chi connectivity index (χ1n) is 6.74. The molecule has 2 N–H and O–H groups in total. The van der Waals surface area contributed by atoms with Gasteiger partial charge in [0.15, 0.2) is 0 Å². The Labute approximate surface area is 117 Å². The Morgan fingerprint density at radius 3 is 2.45 bits per heavy atom. The molecule has 0 aliphatic heterocycles. The molecule has 0 saturated heterocycles. The second-order valence-electron chi connectivity index (χ2n) is 5.03. The van der Waals surface area contributed by atoms with Crippen molar-refractivity contribution >= 4 is 11.9 Å². The third-order valence-corrected chi connectivity index (χ3v) is 3.69. The van der Waals surface area contributed by atoms with E-state index in [0.29, 0.717) is 6.42 Å². The molecule has 108 valence electrons. The van der Waals surface area contributed by atoms with E-state index in [2.05, 4.69) is 5.32 Å². The lowest BCUT2D eigenvalue weighted by atomic mass is 10.0. The van der Waals surface area contributed by atoms with Gasteiger partial charge in [-0.15, -0.1) is 0 Å². The molecule has 0 spiro atoms. The third-order valence-electron chi connectivity index (χ3n) is 3.69. The summed E-state index contributed by atoms with van der Waals surface area (Å²) in [5.74, 6) is -1.17. The highest BCUT2D eigenvalue weighted by Gasteiger charge is 2.48. The van der Waals surface area contributed by atoms with Crippen molar-refractivity contribution in [2.45, 2.75) is 25.8 Å². The Balaban J connectivity index is 1.98. The van der Waals surface area contributed by atoms with E-state index in [0.717, 1.165) is 17.7 Å². The maximum absolute atomic E-state index is 12.0. The van der Waals surface area contributed by atoms with E-state index >= 15 is 0 Å². The number of hydrogen-bond donors (Lipinski definition) is 2. The predicted molar refractivity (Wildman–Crippen MR) is 73.4 cm³/mol. The fourth-order valence-corrected chi connectivity index (χ4v) is 2.29. The lowest BCUT2D eigenvalue weighted by Gasteiger charge is -2.17. The number of carbonyl (C=O) groups is 2. The maximum atomic E-state index is 12.0. The van der Waals surface area contributed by atoms with E-state index in [9.17, 15) is 9.59 Å². The van der Waals surface area contributed by atoms with Crippen molar-refractivity contribution < 1.29 is 19.4 Å². The van der Waals surface area contributed by atoms with Crippen LogP contribution in [0.1, 0.15) is 31.4 Å². The molecule has 1 aromatic carbocycles. The van der Waals surface area contributed by atoms with Crippen LogP contribution in [0, 0.1) is 11.8 Å². The third kappa shape index (κ3) is 3.10. The average molecular weight is 277 g/mol. The van der Waals surface area contributed by atoms with Gasteiger partial charge in [-0.1, -0.05) is 19.1 Å². The van der Waals surface area contributed by atoms with E-state index in [1.807, 2.05) is 31.2 Å². The van der Waals surface area contributed by atoms with E-state index < -0.39 is 11.9 Å². The summed E-state index contributed by atoms with van der Waals surface area (Å²) in [5.41, 5.74) is 0.995. The number of aliphatic carboxylic acids is 1. The largest absolute Gasteiger partial charge is 0.497 e. The van der Waals surface area contributed by atoms with Gasteiger partial charge in [0, 0.05) is 0 Å². The molecule has 1 fully saturated rings. The minimum absolute atomic E-state index is 0.0940. The molecule has 0 bridgehead atoms. The van der Waals surface area contributed by atoms with Gasteiger partial charge in [0.05, 0.1) is 25.0 Å². The Bertz CT molecular complexity index is 497. The molecule has 2 rings (SSSR count). The first kappa shape index (κ1) is 14.4. The Hall–Kier alpha value is -2.04. The van der Waals surface area contributed by atoms with Crippen molar-refractivity contribution in [2.24, 2.45) is 11.8 Å². The van der Waals surface area contributed by atoms with Gasteiger partial charge in [-0.25, -0.2) is 0 Å². The van der Waals surface area contributed by atoms with Crippen molar-refractivity contribution in [3.63, 3.8) is 0 Å². The molecule has 0 radical (unpaired) electrons. The number of methoxy groups -OCH3 is 1. The lowest BCUT2D eigenvalue weighted by Crippen LogP contribution is -2.30. The van der Waals surface area contributed by atoms with Crippen molar-refractivity contribution in [3.8, 4) is 5.75 Å². The SMILES string of the molecule is CCC(NC(=O)[C@@H]1C[C@@H]1C(=O)O)c1ccc(OC)cc1. The molecular formula is C15H19NO4. The number of carbonyl (C=O) groups excluding carboxylic acids is 1. The molecule has 0 heterocycles. The minimum Gasteiger partial charge on any atom is -0.497 e. The molecular weight excluding hydrogens is 258 g/mol. The molecule has 1 aliphatic carbocycles. The average Bonchev–Trinajstić information content (AvgIpc) is 3.25. The first-order valence-corrected chi connectivity index (χ1v) is 6.74. The number of rotatable bonds is 6. The van der Waals surface area contributed by atoms with Gasteiger partial charge in [0.2, 0.25) is 5.91 Å². The smallest absolute Gasteiger partial charge is 0.307 e. The lowest BCUT2D eigenvalue weighted by molar-refractivity contribution is -0.140. The summed E-state index contributed by atoms with van der Waals surface area (Å²) in [6.45, 7) is 1.98. The van der Waals surface area contributed by atoms with Crippen LogP contribution >= 0.6 is 0 Å². The molecule has 5 nitrogen and oxygen atoms in total. The number of hydrogen-bond acceptors (Lipinski definition) is 3. The van der Waals surface area contributed by atoms with Crippen LogP contribution in [0.3, 0.4) is 0 Å². The monoisotopic (exact) mass is 277 g/mol. The zero-order valence-corrected chi connectivity index (χ0v) is 11.6. The van der Waals surface area contributed by atoms with Crippen LogP contribution in [0.2, 0.25) is 0 Å². The highest BCUT2D eigenvalue weighted by Crippen LogP contribution is 2.39. The summed E-state index contributed by atoms with van der Waals surface area (Å²) < 4.78 is 5.10. The number of amides is 1. The van der Waals surface area contributed by atoms with Crippen LogP contribution in [0.4, 0.5) is 0 Å². The van der Waals surface area contributed by atoms with Crippen LogP contribution in [0.5, 0.6) is 5.75 Å². The zero-order valence-electron chi connectivity index (χ0n) is 11.6.